The summed E-state index contributed by atoms with van der Waals surface area (Å²) in [7, 11) is 0. The molecule has 0 aliphatic heterocycles. The molecule has 0 saturated heterocycles. The average molecular weight is 380 g/mol. The Hall–Kier alpha value is -1.15. The van der Waals surface area contributed by atoms with Gasteiger partial charge in [0.25, 0.3) is 0 Å². The highest BCUT2D eigenvalue weighted by Crippen LogP contribution is 2.66. The maximum absolute atomic E-state index is 10.2. The van der Waals surface area contributed by atoms with Gasteiger partial charge in [0.2, 0.25) is 0 Å². The van der Waals surface area contributed by atoms with E-state index in [1.54, 1.807) is 0 Å². The summed E-state index contributed by atoms with van der Waals surface area (Å²) in [5.41, 5.74) is 2.11. The smallest absolute Gasteiger partial charge is 0.0556 e. The number of aliphatic imine (C=N–C) groups is 1. The molecule has 152 valence electrons. The van der Waals surface area contributed by atoms with Gasteiger partial charge < -0.3 is 5.11 Å². The minimum atomic E-state index is -0.0355. The van der Waals surface area contributed by atoms with Gasteiger partial charge in [-0.15, -0.1) is 0 Å². The fourth-order valence-corrected chi connectivity index (χ4v) is 8.17. The third-order valence-corrected chi connectivity index (χ3v) is 9.79. The van der Waals surface area contributed by atoms with Crippen molar-refractivity contribution in [1.29, 1.82) is 0 Å². The molecule has 5 rings (SSSR count). The second-order valence-electron chi connectivity index (χ2n) is 10.9. The third kappa shape index (κ3) is 2.90. The fourth-order valence-electron chi connectivity index (χ4n) is 8.17. The first-order valence-corrected chi connectivity index (χ1v) is 11.8. The van der Waals surface area contributed by atoms with Crippen molar-refractivity contribution in [1.82, 2.24) is 0 Å². The first-order chi connectivity index (χ1) is 13.5. The molecule has 0 radical (unpaired) electrons. The summed E-state index contributed by atoms with van der Waals surface area (Å²) >= 11 is 0. The van der Waals surface area contributed by atoms with E-state index in [9.17, 15) is 5.11 Å². The van der Waals surface area contributed by atoms with Gasteiger partial charge in [-0.1, -0.05) is 44.2 Å². The lowest BCUT2D eigenvalue weighted by Gasteiger charge is -2.60. The molecule has 28 heavy (non-hydrogen) atoms. The van der Waals surface area contributed by atoms with Crippen molar-refractivity contribution in [2.45, 2.75) is 83.8 Å². The highest BCUT2D eigenvalue weighted by atomic mass is 16.3. The second kappa shape index (κ2) is 6.97. The normalized spacial score (nSPS) is 48.1. The van der Waals surface area contributed by atoms with E-state index in [0.29, 0.717) is 16.9 Å². The number of aliphatic hydroxyl groups excluding tert-OH is 1. The first kappa shape index (κ1) is 18.9. The molecule has 8 atom stereocenters. The predicted molar refractivity (Wildman–Crippen MR) is 116 cm³/mol. The van der Waals surface area contributed by atoms with Crippen LogP contribution in [0.15, 0.2) is 35.3 Å². The van der Waals surface area contributed by atoms with E-state index in [1.807, 2.05) is 0 Å². The van der Waals surface area contributed by atoms with Gasteiger partial charge >= 0.3 is 0 Å². The van der Waals surface area contributed by atoms with Crippen LogP contribution < -0.4 is 0 Å². The number of nitrogens with zero attached hydrogens (tertiary/aromatic N) is 1. The molecular formula is C26H37NO. The molecular weight excluding hydrogens is 342 g/mol. The maximum Gasteiger partial charge on any atom is 0.0556 e. The average Bonchev–Trinajstić information content (AvgIpc) is 3.04. The molecule has 2 heteroatoms. The van der Waals surface area contributed by atoms with Crippen molar-refractivity contribution in [2.24, 2.45) is 39.5 Å². The van der Waals surface area contributed by atoms with E-state index >= 15 is 0 Å². The second-order valence-corrected chi connectivity index (χ2v) is 10.9. The van der Waals surface area contributed by atoms with Crippen LogP contribution in [0.5, 0.6) is 0 Å². The number of hydrogen-bond donors (Lipinski definition) is 1. The Morgan fingerprint density at radius 2 is 1.64 bits per heavy atom. The van der Waals surface area contributed by atoms with Gasteiger partial charge in [0.15, 0.2) is 0 Å². The van der Waals surface area contributed by atoms with Crippen molar-refractivity contribution in [2.75, 3.05) is 0 Å². The van der Waals surface area contributed by atoms with Crippen LogP contribution in [-0.2, 0) is 0 Å². The lowest BCUT2D eigenvalue weighted by molar-refractivity contribution is -0.122. The summed E-state index contributed by atoms with van der Waals surface area (Å²) in [6.07, 6.45) is 13.6. The van der Waals surface area contributed by atoms with Crippen molar-refractivity contribution < 1.29 is 5.11 Å². The van der Waals surface area contributed by atoms with Crippen molar-refractivity contribution >= 4 is 6.21 Å². The molecule has 0 spiro atoms. The van der Waals surface area contributed by atoms with Gasteiger partial charge in [-0.3, -0.25) is 4.99 Å². The van der Waals surface area contributed by atoms with Crippen LogP contribution in [0.4, 0.5) is 0 Å². The van der Waals surface area contributed by atoms with E-state index < -0.39 is 0 Å². The zero-order valence-electron chi connectivity index (χ0n) is 17.7. The fraction of sp³-hybridized carbons (Fsp3) is 0.731. The highest BCUT2D eigenvalue weighted by Gasteiger charge is 2.60. The standard InChI is InChI=1S/C26H37NO/c1-25-14-12-20(28)16-19(25)8-9-21-22-10-11-24(26(22,2)15-13-23(21)25)27-17-18-6-4-3-5-7-18/h3-7,17,19-24,28H,8-16H2,1-2H3/t19-,20-,21+,22+,23+,24+,25-,26-/m0/s1. The van der Waals surface area contributed by atoms with Crippen LogP contribution in [0.2, 0.25) is 0 Å². The highest BCUT2D eigenvalue weighted by molar-refractivity contribution is 5.79. The summed E-state index contributed by atoms with van der Waals surface area (Å²) < 4.78 is 0. The Morgan fingerprint density at radius 1 is 0.893 bits per heavy atom. The summed E-state index contributed by atoms with van der Waals surface area (Å²) in [5.74, 6) is 3.39. The van der Waals surface area contributed by atoms with Gasteiger partial charge in [0.1, 0.15) is 0 Å². The van der Waals surface area contributed by atoms with Crippen LogP contribution >= 0.6 is 0 Å². The molecule has 2 nitrogen and oxygen atoms in total. The Bertz CT molecular complexity index is 729. The lowest BCUT2D eigenvalue weighted by atomic mass is 9.45. The summed E-state index contributed by atoms with van der Waals surface area (Å²) in [5, 5.41) is 10.2. The maximum atomic E-state index is 10.2. The number of fused-ring (bicyclic) bond motifs is 5. The van der Waals surface area contributed by atoms with Crippen LogP contribution in [0, 0.1) is 34.5 Å². The molecule has 0 amide bonds. The van der Waals surface area contributed by atoms with Crippen LogP contribution in [0.1, 0.15) is 77.2 Å². The van der Waals surface area contributed by atoms with Crippen molar-refractivity contribution in [3.05, 3.63) is 35.9 Å². The molecule has 1 aromatic carbocycles. The molecule has 4 saturated carbocycles. The summed E-state index contributed by atoms with van der Waals surface area (Å²) in [4.78, 5) is 5.14. The lowest BCUT2D eigenvalue weighted by Crippen LogP contribution is -2.54. The Kier molecular flexibility index (Phi) is 4.69. The molecule has 0 bridgehead atoms. The van der Waals surface area contributed by atoms with E-state index in [4.69, 9.17) is 4.99 Å². The Morgan fingerprint density at radius 3 is 2.46 bits per heavy atom. The molecule has 4 aliphatic carbocycles. The molecule has 0 unspecified atom stereocenters. The van der Waals surface area contributed by atoms with Crippen LogP contribution in [0.3, 0.4) is 0 Å². The van der Waals surface area contributed by atoms with E-state index in [0.717, 1.165) is 36.5 Å². The Labute approximate surface area is 170 Å². The zero-order chi connectivity index (χ0) is 19.4. The van der Waals surface area contributed by atoms with Gasteiger partial charge in [0, 0.05) is 6.21 Å². The van der Waals surface area contributed by atoms with Gasteiger partial charge in [0.05, 0.1) is 12.1 Å². The van der Waals surface area contributed by atoms with E-state index in [1.165, 1.54) is 50.5 Å². The molecule has 1 aromatic rings. The van der Waals surface area contributed by atoms with Gasteiger partial charge in [-0.05, 0) is 97.9 Å². The molecule has 4 fully saturated rings. The molecule has 4 aliphatic rings. The predicted octanol–water partition coefficient (Wildman–Crippen LogP) is 5.88. The van der Waals surface area contributed by atoms with Crippen molar-refractivity contribution in [3.8, 4) is 0 Å². The number of rotatable bonds is 2. The number of benzene rings is 1. The SMILES string of the molecule is C[C@]12CC[C@H](O)C[C@@H]1CC[C@H]1[C@H]2CC[C@@]2(C)[C@@H]1CC[C@H]2N=Cc1ccccc1. The van der Waals surface area contributed by atoms with Crippen LogP contribution in [0.25, 0.3) is 0 Å². The van der Waals surface area contributed by atoms with Gasteiger partial charge in [-0.2, -0.15) is 0 Å². The largest absolute Gasteiger partial charge is 0.393 e. The minimum absolute atomic E-state index is 0.0355. The van der Waals surface area contributed by atoms with Crippen molar-refractivity contribution in [3.63, 3.8) is 0 Å². The number of aliphatic hydroxyl groups is 1. The monoisotopic (exact) mass is 379 g/mol. The minimum Gasteiger partial charge on any atom is -0.393 e. The quantitative estimate of drug-likeness (QED) is 0.640. The third-order valence-electron chi connectivity index (χ3n) is 9.79. The summed E-state index contributed by atoms with van der Waals surface area (Å²) in [6, 6.07) is 11.1. The zero-order valence-corrected chi connectivity index (χ0v) is 17.7. The topological polar surface area (TPSA) is 32.6 Å². The van der Waals surface area contributed by atoms with Crippen LogP contribution in [-0.4, -0.2) is 23.5 Å². The molecule has 1 N–H and O–H groups in total. The first-order valence-electron chi connectivity index (χ1n) is 11.8. The summed E-state index contributed by atoms with van der Waals surface area (Å²) in [6.45, 7) is 5.15. The molecule has 0 heterocycles. The van der Waals surface area contributed by atoms with E-state index in [2.05, 4.69) is 50.4 Å². The number of hydrogen-bond acceptors (Lipinski definition) is 2. The van der Waals surface area contributed by atoms with Gasteiger partial charge in [-0.25, -0.2) is 0 Å². The van der Waals surface area contributed by atoms with E-state index in [-0.39, 0.29) is 6.10 Å². The molecule has 0 aromatic heterocycles. The Balaban J connectivity index is 1.36.